The number of non-ortho nitro benzene ring substituents is 1. The summed E-state index contributed by atoms with van der Waals surface area (Å²) in [6, 6.07) is 16.3. The van der Waals surface area contributed by atoms with Crippen LogP contribution in [-0.4, -0.2) is 19.2 Å². The standard InChI is InChI=1S/C23H19N3O6S/c1-14(2)22-20-13-19(11-12-21(20)24-23(22)27)33(30,31)25-15-3-7-17(8-4-15)32-18-9-5-16(6-10-18)26(28)29/h3-13,25H,1-2H3,(H,24,27). The zero-order chi connectivity index (χ0) is 23.8. The Morgan fingerprint density at radius 1 is 0.970 bits per heavy atom. The van der Waals surface area contributed by atoms with Crippen molar-refractivity contribution in [1.82, 2.24) is 0 Å². The molecule has 0 radical (unpaired) electrons. The molecule has 0 bridgehead atoms. The number of allylic oxidation sites excluding steroid dienone is 1. The quantitative estimate of drug-likeness (QED) is 0.302. The topological polar surface area (TPSA) is 128 Å². The first-order valence-corrected chi connectivity index (χ1v) is 11.3. The van der Waals surface area contributed by atoms with Gasteiger partial charge in [0.2, 0.25) is 0 Å². The fraction of sp³-hybridized carbons (Fsp3) is 0.0870. The number of hydrogen-bond acceptors (Lipinski definition) is 6. The van der Waals surface area contributed by atoms with Gasteiger partial charge < -0.3 is 10.1 Å². The van der Waals surface area contributed by atoms with Crippen LogP contribution in [0.5, 0.6) is 11.5 Å². The normalized spacial score (nSPS) is 12.7. The first-order valence-electron chi connectivity index (χ1n) is 9.82. The molecule has 0 fully saturated rings. The van der Waals surface area contributed by atoms with Crippen LogP contribution in [0.15, 0.2) is 77.2 Å². The molecule has 33 heavy (non-hydrogen) atoms. The van der Waals surface area contributed by atoms with Gasteiger partial charge in [-0.05, 0) is 68.4 Å². The van der Waals surface area contributed by atoms with Gasteiger partial charge in [0, 0.05) is 34.6 Å². The number of sulfonamides is 1. The van der Waals surface area contributed by atoms with Crippen molar-refractivity contribution < 1.29 is 22.9 Å². The van der Waals surface area contributed by atoms with E-state index < -0.39 is 14.9 Å². The SMILES string of the molecule is CC(C)=C1C(=O)Nc2ccc(S(=O)(=O)Nc3ccc(Oc4ccc([N+](=O)[O-])cc4)cc3)cc21. The first kappa shape index (κ1) is 22.0. The van der Waals surface area contributed by atoms with Gasteiger partial charge in [0.25, 0.3) is 21.6 Å². The minimum atomic E-state index is -3.90. The van der Waals surface area contributed by atoms with E-state index in [2.05, 4.69) is 10.0 Å². The molecular weight excluding hydrogens is 446 g/mol. The number of fused-ring (bicyclic) bond motifs is 1. The Hall–Kier alpha value is -4.18. The van der Waals surface area contributed by atoms with E-state index in [9.17, 15) is 23.3 Å². The summed E-state index contributed by atoms with van der Waals surface area (Å²) in [5.41, 5.74) is 2.66. The van der Waals surface area contributed by atoms with E-state index >= 15 is 0 Å². The van der Waals surface area contributed by atoms with Crippen LogP contribution in [0.4, 0.5) is 17.1 Å². The van der Waals surface area contributed by atoms with Gasteiger partial charge in [-0.1, -0.05) is 5.57 Å². The van der Waals surface area contributed by atoms with Crippen molar-refractivity contribution in [2.75, 3.05) is 10.0 Å². The molecule has 2 N–H and O–H groups in total. The minimum Gasteiger partial charge on any atom is -0.457 e. The second-order valence-electron chi connectivity index (χ2n) is 7.52. The molecule has 0 aromatic heterocycles. The molecule has 1 amide bonds. The molecule has 168 valence electrons. The van der Waals surface area contributed by atoms with Crippen LogP contribution in [0, 0.1) is 10.1 Å². The lowest BCUT2D eigenvalue weighted by molar-refractivity contribution is -0.384. The summed E-state index contributed by atoms with van der Waals surface area (Å²) >= 11 is 0. The highest BCUT2D eigenvalue weighted by Gasteiger charge is 2.27. The lowest BCUT2D eigenvalue weighted by Crippen LogP contribution is -2.13. The van der Waals surface area contributed by atoms with Crippen LogP contribution in [0.3, 0.4) is 0 Å². The van der Waals surface area contributed by atoms with Crippen LogP contribution in [0.2, 0.25) is 0 Å². The van der Waals surface area contributed by atoms with Gasteiger partial charge >= 0.3 is 0 Å². The molecule has 10 heteroatoms. The van der Waals surface area contributed by atoms with Crippen LogP contribution in [-0.2, 0) is 14.8 Å². The molecule has 0 aliphatic carbocycles. The predicted molar refractivity (Wildman–Crippen MR) is 124 cm³/mol. The zero-order valence-electron chi connectivity index (χ0n) is 17.7. The van der Waals surface area contributed by atoms with E-state index in [0.29, 0.717) is 34.0 Å². The Balaban J connectivity index is 1.51. The molecule has 3 aromatic rings. The lowest BCUT2D eigenvalue weighted by Gasteiger charge is -2.11. The number of carbonyl (C=O) groups is 1. The summed E-state index contributed by atoms with van der Waals surface area (Å²) in [7, 11) is -3.90. The summed E-state index contributed by atoms with van der Waals surface area (Å²) in [6.07, 6.45) is 0. The van der Waals surface area contributed by atoms with E-state index in [1.54, 1.807) is 32.0 Å². The summed E-state index contributed by atoms with van der Waals surface area (Å²) in [6.45, 7) is 3.59. The maximum Gasteiger partial charge on any atom is 0.269 e. The lowest BCUT2D eigenvalue weighted by atomic mass is 10.0. The Labute approximate surface area is 189 Å². The third-order valence-electron chi connectivity index (χ3n) is 4.94. The van der Waals surface area contributed by atoms with Gasteiger partial charge in [-0.15, -0.1) is 0 Å². The molecule has 0 atom stereocenters. The molecule has 1 aliphatic heterocycles. The number of amides is 1. The van der Waals surface area contributed by atoms with Crippen molar-refractivity contribution in [2.24, 2.45) is 0 Å². The highest BCUT2D eigenvalue weighted by Crippen LogP contribution is 2.35. The van der Waals surface area contributed by atoms with Gasteiger partial charge in [-0.25, -0.2) is 8.42 Å². The second kappa shape index (κ2) is 8.40. The van der Waals surface area contributed by atoms with Gasteiger partial charge in [0.05, 0.1) is 9.82 Å². The molecule has 0 saturated carbocycles. The third kappa shape index (κ3) is 4.55. The smallest absolute Gasteiger partial charge is 0.269 e. The number of nitrogens with zero attached hydrogens (tertiary/aromatic N) is 1. The zero-order valence-corrected chi connectivity index (χ0v) is 18.5. The van der Waals surface area contributed by atoms with E-state index in [4.69, 9.17) is 4.74 Å². The number of carbonyl (C=O) groups excluding carboxylic acids is 1. The number of anilines is 2. The maximum atomic E-state index is 12.9. The number of rotatable bonds is 6. The molecule has 0 saturated heterocycles. The average molecular weight is 465 g/mol. The number of hydrogen-bond donors (Lipinski definition) is 2. The molecule has 1 heterocycles. The second-order valence-corrected chi connectivity index (χ2v) is 9.20. The van der Waals surface area contributed by atoms with Crippen molar-refractivity contribution in [1.29, 1.82) is 0 Å². The van der Waals surface area contributed by atoms with E-state index in [-0.39, 0.29) is 16.5 Å². The maximum absolute atomic E-state index is 12.9. The Morgan fingerprint density at radius 3 is 2.15 bits per heavy atom. The van der Waals surface area contributed by atoms with Crippen LogP contribution in [0.25, 0.3) is 5.57 Å². The first-order chi connectivity index (χ1) is 15.6. The van der Waals surface area contributed by atoms with Crippen molar-refractivity contribution in [3.05, 3.63) is 88.0 Å². The van der Waals surface area contributed by atoms with Crippen molar-refractivity contribution in [3.8, 4) is 11.5 Å². The van der Waals surface area contributed by atoms with Crippen LogP contribution >= 0.6 is 0 Å². The summed E-state index contributed by atoms with van der Waals surface area (Å²) in [5.74, 6) is 0.587. The minimum absolute atomic E-state index is 0.0303. The molecule has 1 aliphatic rings. The Bertz CT molecular complexity index is 1390. The third-order valence-corrected chi connectivity index (χ3v) is 6.31. The van der Waals surface area contributed by atoms with Crippen molar-refractivity contribution in [2.45, 2.75) is 18.7 Å². The van der Waals surface area contributed by atoms with E-state index in [1.807, 2.05) is 0 Å². The fourth-order valence-electron chi connectivity index (χ4n) is 3.39. The average Bonchev–Trinajstić information content (AvgIpc) is 3.10. The molecule has 0 unspecified atom stereocenters. The van der Waals surface area contributed by atoms with Crippen molar-refractivity contribution >= 4 is 38.6 Å². The highest BCUT2D eigenvalue weighted by atomic mass is 32.2. The summed E-state index contributed by atoms with van der Waals surface area (Å²) in [5, 5.41) is 13.5. The molecular formula is C23H19N3O6S. The molecule has 0 spiro atoms. The number of ether oxygens (including phenoxy) is 1. The van der Waals surface area contributed by atoms with Crippen LogP contribution in [0.1, 0.15) is 19.4 Å². The van der Waals surface area contributed by atoms with Gasteiger partial charge in [0.1, 0.15) is 11.5 Å². The predicted octanol–water partition coefficient (Wildman–Crippen LogP) is 4.93. The van der Waals surface area contributed by atoms with Gasteiger partial charge in [-0.3, -0.25) is 19.6 Å². The van der Waals surface area contributed by atoms with Gasteiger partial charge in [-0.2, -0.15) is 0 Å². The largest absolute Gasteiger partial charge is 0.457 e. The number of nitro groups is 1. The highest BCUT2D eigenvalue weighted by molar-refractivity contribution is 7.92. The molecule has 4 rings (SSSR count). The molecule has 9 nitrogen and oxygen atoms in total. The Kier molecular flexibility index (Phi) is 5.60. The molecule has 3 aromatic carbocycles. The van der Waals surface area contributed by atoms with E-state index in [1.165, 1.54) is 48.5 Å². The number of nitro benzene ring substituents is 1. The van der Waals surface area contributed by atoms with E-state index in [0.717, 1.165) is 5.57 Å². The number of nitrogens with one attached hydrogen (secondary N) is 2. The number of benzene rings is 3. The van der Waals surface area contributed by atoms with Crippen LogP contribution < -0.4 is 14.8 Å². The van der Waals surface area contributed by atoms with Gasteiger partial charge in [0.15, 0.2) is 0 Å². The fourth-order valence-corrected chi connectivity index (χ4v) is 4.47. The summed E-state index contributed by atoms with van der Waals surface area (Å²) < 4.78 is 34.0. The monoisotopic (exact) mass is 465 g/mol. The van der Waals surface area contributed by atoms with Crippen molar-refractivity contribution in [3.63, 3.8) is 0 Å². The Morgan fingerprint density at radius 2 is 1.58 bits per heavy atom. The summed E-state index contributed by atoms with van der Waals surface area (Å²) in [4.78, 5) is 22.4.